The number of ether oxygens (including phenoxy) is 2. The highest BCUT2D eigenvalue weighted by molar-refractivity contribution is 5.95. The first-order valence-corrected chi connectivity index (χ1v) is 11.2. The molecule has 0 saturated carbocycles. The number of anilines is 1. The Labute approximate surface area is 207 Å². The van der Waals surface area contributed by atoms with E-state index in [1.54, 1.807) is 48.6 Å². The molecule has 0 atom stereocenters. The molecule has 3 N–H and O–H groups in total. The average molecular weight is 493 g/mol. The Hall–Kier alpha value is -4.20. The maximum absolute atomic E-state index is 12.7. The van der Waals surface area contributed by atoms with E-state index in [4.69, 9.17) is 15.2 Å². The quantitative estimate of drug-likeness (QED) is 0.529. The number of nitrogens with zero attached hydrogens (tertiary/aromatic N) is 3. The van der Waals surface area contributed by atoms with Crippen LogP contribution in [0, 0.1) is 17.7 Å². The Kier molecular flexibility index (Phi) is 7.33. The number of carbonyl (C=O) groups is 2. The van der Waals surface area contributed by atoms with Crippen LogP contribution in [0.5, 0.6) is 5.75 Å². The average Bonchev–Trinajstić information content (AvgIpc) is 3.27. The van der Waals surface area contributed by atoms with E-state index >= 15 is 0 Å². The van der Waals surface area contributed by atoms with Gasteiger partial charge in [0.1, 0.15) is 11.6 Å². The summed E-state index contributed by atoms with van der Waals surface area (Å²) in [5, 5.41) is 13.7. The highest BCUT2D eigenvalue weighted by atomic mass is 19.1. The predicted molar refractivity (Wildman–Crippen MR) is 129 cm³/mol. The number of hydrogen-bond acceptors (Lipinski definition) is 6. The molecule has 2 aliphatic heterocycles. The molecular formula is C26H25FN4O5. The molecule has 0 spiro atoms. The van der Waals surface area contributed by atoms with Crippen LogP contribution >= 0.6 is 0 Å². The summed E-state index contributed by atoms with van der Waals surface area (Å²) >= 11 is 0. The van der Waals surface area contributed by atoms with E-state index in [2.05, 4.69) is 16.9 Å². The Morgan fingerprint density at radius 1 is 1.22 bits per heavy atom. The SMILES string of the molecule is CN1C(=O)CCOc2ccc(C#CC3(O)COC3)cc21.NC(=O)n1cc(Cc2ccc(F)cc2)cn1. The highest BCUT2D eigenvalue weighted by Gasteiger charge is 2.33. The fraction of sp³-hybridized carbons (Fsp3) is 0.269. The van der Waals surface area contributed by atoms with Gasteiger partial charge in [0.25, 0.3) is 0 Å². The number of rotatable bonds is 2. The minimum absolute atomic E-state index is 0.0138. The fourth-order valence-corrected chi connectivity index (χ4v) is 3.50. The molecule has 9 nitrogen and oxygen atoms in total. The van der Waals surface area contributed by atoms with Crippen molar-refractivity contribution in [1.29, 1.82) is 0 Å². The van der Waals surface area contributed by atoms with Gasteiger partial charge in [-0.2, -0.15) is 9.78 Å². The molecule has 0 radical (unpaired) electrons. The number of aromatic nitrogens is 2. The lowest BCUT2D eigenvalue weighted by molar-refractivity contribution is -0.140. The number of nitrogens with two attached hydrogens (primary N) is 1. The second-order valence-corrected chi connectivity index (χ2v) is 8.44. The third kappa shape index (κ3) is 6.07. The van der Waals surface area contributed by atoms with E-state index in [9.17, 15) is 19.1 Å². The number of halogens is 1. The van der Waals surface area contributed by atoms with Crippen molar-refractivity contribution in [2.24, 2.45) is 5.73 Å². The van der Waals surface area contributed by atoms with E-state index in [0.29, 0.717) is 30.9 Å². The van der Waals surface area contributed by atoms with Crippen molar-refractivity contribution in [1.82, 2.24) is 9.78 Å². The van der Waals surface area contributed by atoms with Gasteiger partial charge in [0, 0.05) is 25.2 Å². The monoisotopic (exact) mass is 492 g/mol. The largest absolute Gasteiger partial charge is 0.491 e. The first-order valence-electron chi connectivity index (χ1n) is 11.2. The molecule has 3 aromatic rings. The van der Waals surface area contributed by atoms with Gasteiger partial charge in [-0.1, -0.05) is 24.0 Å². The van der Waals surface area contributed by atoms with Crippen molar-refractivity contribution in [3.8, 4) is 17.6 Å². The number of hydrogen-bond donors (Lipinski definition) is 2. The Bertz CT molecular complexity index is 1320. The summed E-state index contributed by atoms with van der Waals surface area (Å²) in [5.74, 6) is 6.14. The summed E-state index contributed by atoms with van der Waals surface area (Å²) in [4.78, 5) is 24.2. The summed E-state index contributed by atoms with van der Waals surface area (Å²) in [6, 6.07) is 11.0. The van der Waals surface area contributed by atoms with Gasteiger partial charge >= 0.3 is 6.03 Å². The molecule has 10 heteroatoms. The van der Waals surface area contributed by atoms with Crippen molar-refractivity contribution < 1.29 is 28.6 Å². The van der Waals surface area contributed by atoms with Gasteiger partial charge in [-0.3, -0.25) is 4.79 Å². The number of benzene rings is 2. The highest BCUT2D eigenvalue weighted by Crippen LogP contribution is 2.31. The molecule has 36 heavy (non-hydrogen) atoms. The van der Waals surface area contributed by atoms with Crippen LogP contribution in [0.1, 0.15) is 23.1 Å². The van der Waals surface area contributed by atoms with Crippen molar-refractivity contribution in [3.63, 3.8) is 0 Å². The lowest BCUT2D eigenvalue weighted by Crippen LogP contribution is -2.48. The predicted octanol–water partition coefficient (Wildman–Crippen LogP) is 2.08. The summed E-state index contributed by atoms with van der Waals surface area (Å²) in [6.45, 7) is 0.872. The van der Waals surface area contributed by atoms with Gasteiger partial charge in [-0.25, -0.2) is 9.18 Å². The molecule has 2 aromatic carbocycles. The van der Waals surface area contributed by atoms with E-state index in [1.165, 1.54) is 12.1 Å². The molecular weight excluding hydrogens is 467 g/mol. The molecule has 3 heterocycles. The second-order valence-electron chi connectivity index (χ2n) is 8.44. The normalized spacial score (nSPS) is 15.6. The van der Waals surface area contributed by atoms with Gasteiger partial charge in [-0.05, 0) is 41.5 Å². The Morgan fingerprint density at radius 2 is 1.97 bits per heavy atom. The van der Waals surface area contributed by atoms with Crippen LogP contribution in [0.15, 0.2) is 54.9 Å². The summed E-state index contributed by atoms with van der Waals surface area (Å²) in [5.41, 5.74) is 7.25. The maximum Gasteiger partial charge on any atom is 0.339 e. The molecule has 186 valence electrons. The first kappa shape index (κ1) is 24.9. The number of primary amides is 1. The third-order valence-corrected chi connectivity index (χ3v) is 5.57. The fourth-order valence-electron chi connectivity index (χ4n) is 3.50. The van der Waals surface area contributed by atoms with Crippen LogP contribution in [0.3, 0.4) is 0 Å². The molecule has 0 bridgehead atoms. The lowest BCUT2D eigenvalue weighted by atomic mass is 10.0. The smallest absolute Gasteiger partial charge is 0.339 e. The van der Waals surface area contributed by atoms with Gasteiger partial charge in [-0.15, -0.1) is 0 Å². The standard InChI is InChI=1S/C15H15NO4.C11H10FN3O/c1-16-12-8-11(4-6-15(18)9-19-10-15)2-3-13(12)20-7-5-14(16)17;12-10-3-1-8(2-4-10)5-9-6-14-15(7-9)11(13)16/h2-3,8,18H,5,7,9-10H2,1H3;1-4,6-7H,5H2,(H2,13,16). The zero-order chi connectivity index (χ0) is 25.7. The van der Waals surface area contributed by atoms with Crippen molar-refractivity contribution >= 4 is 17.6 Å². The third-order valence-electron chi connectivity index (χ3n) is 5.57. The van der Waals surface area contributed by atoms with E-state index in [-0.39, 0.29) is 24.9 Å². The number of amides is 2. The number of aliphatic hydroxyl groups is 1. The molecule has 1 saturated heterocycles. The summed E-state index contributed by atoms with van der Waals surface area (Å²) in [7, 11) is 1.72. The Morgan fingerprint density at radius 3 is 2.61 bits per heavy atom. The molecule has 5 rings (SSSR count). The molecule has 2 amide bonds. The zero-order valence-corrected chi connectivity index (χ0v) is 19.6. The Balaban J connectivity index is 0.000000174. The van der Waals surface area contributed by atoms with Crippen LogP contribution in [0.4, 0.5) is 14.9 Å². The van der Waals surface area contributed by atoms with E-state index in [0.717, 1.165) is 21.4 Å². The van der Waals surface area contributed by atoms with Crippen LogP contribution in [-0.4, -0.2) is 59.3 Å². The molecule has 1 aromatic heterocycles. The van der Waals surface area contributed by atoms with Crippen LogP contribution in [0.2, 0.25) is 0 Å². The van der Waals surface area contributed by atoms with Crippen molar-refractivity contribution in [3.05, 3.63) is 77.4 Å². The molecule has 1 fully saturated rings. The van der Waals surface area contributed by atoms with Gasteiger partial charge in [0.2, 0.25) is 5.91 Å². The molecule has 2 aliphatic rings. The van der Waals surface area contributed by atoms with Gasteiger partial charge in [0.15, 0.2) is 5.60 Å². The van der Waals surface area contributed by atoms with Gasteiger partial charge < -0.3 is 25.2 Å². The minimum Gasteiger partial charge on any atom is -0.491 e. The van der Waals surface area contributed by atoms with E-state index in [1.807, 2.05) is 6.07 Å². The van der Waals surface area contributed by atoms with Crippen LogP contribution in [-0.2, 0) is 16.0 Å². The molecule has 0 aliphatic carbocycles. The topological polar surface area (TPSA) is 120 Å². The van der Waals surface area contributed by atoms with E-state index < -0.39 is 11.6 Å². The van der Waals surface area contributed by atoms with Gasteiger partial charge in [0.05, 0.1) is 38.1 Å². The van der Waals surface area contributed by atoms with Crippen molar-refractivity contribution in [2.75, 3.05) is 31.8 Å². The second kappa shape index (κ2) is 10.6. The molecule has 0 unspecified atom stereocenters. The van der Waals surface area contributed by atoms with Crippen LogP contribution in [0.25, 0.3) is 0 Å². The van der Waals surface area contributed by atoms with Crippen molar-refractivity contribution in [2.45, 2.75) is 18.4 Å². The summed E-state index contributed by atoms with van der Waals surface area (Å²) in [6.07, 6.45) is 4.08. The summed E-state index contributed by atoms with van der Waals surface area (Å²) < 4.78 is 24.2. The minimum atomic E-state index is -1.04. The number of fused-ring (bicyclic) bond motifs is 1. The first-order chi connectivity index (χ1) is 17.2. The number of carbonyl (C=O) groups excluding carboxylic acids is 2. The maximum atomic E-state index is 12.7. The zero-order valence-electron chi connectivity index (χ0n) is 19.6. The van der Waals surface area contributed by atoms with Crippen LogP contribution < -0.4 is 15.4 Å². The lowest BCUT2D eigenvalue weighted by Gasteiger charge is -2.30.